The Bertz CT molecular complexity index is 2270. The van der Waals surface area contributed by atoms with Crippen LogP contribution < -0.4 is 28.7 Å². The van der Waals surface area contributed by atoms with Gasteiger partial charge in [-0.3, -0.25) is 28.8 Å². The van der Waals surface area contributed by atoms with E-state index in [1.165, 1.54) is 67.1 Å². The maximum absolute atomic E-state index is 12.3. The van der Waals surface area contributed by atoms with E-state index in [1.807, 2.05) is 6.92 Å². The van der Waals surface area contributed by atoms with Crippen LogP contribution >= 0.6 is 0 Å². The van der Waals surface area contributed by atoms with Gasteiger partial charge in [-0.2, -0.15) is 0 Å². The SMILES string of the molecule is CC(=O)CN(CCN)C(=O)Cn1cnc2c(C)ncnc21.CC(=O)CN(CCN)C(=O)Cn1cnc2c(N)ncnc21.CC(=O)CN(CCN)C(=O)Cn1cnc2c(N)ncnc21. The van der Waals surface area contributed by atoms with Crippen molar-refractivity contribution >= 4 is 80.2 Å². The topological polar surface area (TPSA) is 373 Å². The zero-order valence-corrected chi connectivity index (χ0v) is 35.5. The fourth-order valence-corrected chi connectivity index (χ4v) is 6.03. The number of Topliss-reactive ketones (excluding diaryl/α,β-unsaturated/α-hetero) is 3. The molecule has 3 amide bonds. The lowest BCUT2D eigenvalue weighted by molar-refractivity contribution is -0.135. The van der Waals surface area contributed by atoms with Gasteiger partial charge in [0.25, 0.3) is 0 Å². The third-order valence-electron chi connectivity index (χ3n) is 8.86. The van der Waals surface area contributed by atoms with Crippen molar-refractivity contribution in [2.24, 2.45) is 17.2 Å². The van der Waals surface area contributed by atoms with E-state index in [0.29, 0.717) is 72.8 Å². The molecule has 63 heavy (non-hydrogen) atoms. The molecule has 6 rings (SSSR count). The van der Waals surface area contributed by atoms with Gasteiger partial charge in [-0.25, -0.2) is 44.9 Å². The van der Waals surface area contributed by atoms with Crippen molar-refractivity contribution in [1.82, 2.24) is 73.3 Å². The van der Waals surface area contributed by atoms with Crippen molar-refractivity contribution in [2.45, 2.75) is 47.3 Å². The van der Waals surface area contributed by atoms with Gasteiger partial charge in [-0.05, 0) is 27.7 Å². The first-order valence-corrected chi connectivity index (χ1v) is 19.4. The van der Waals surface area contributed by atoms with Gasteiger partial charge < -0.3 is 57.1 Å². The first kappa shape index (κ1) is 48.2. The van der Waals surface area contributed by atoms with E-state index in [1.54, 1.807) is 20.0 Å². The molecule has 26 nitrogen and oxygen atoms in total. The molecule has 26 heteroatoms. The summed E-state index contributed by atoms with van der Waals surface area (Å²) in [4.78, 5) is 111. The van der Waals surface area contributed by atoms with Crippen LogP contribution in [0, 0.1) is 6.92 Å². The highest BCUT2D eigenvalue weighted by molar-refractivity contribution is 5.88. The highest BCUT2D eigenvalue weighted by Crippen LogP contribution is 2.16. The van der Waals surface area contributed by atoms with E-state index in [2.05, 4.69) is 44.9 Å². The fraction of sp³-hybridized carbons (Fsp3) is 0.432. The minimum Gasteiger partial charge on any atom is -0.382 e. The Labute approximate surface area is 360 Å². The molecule has 0 bridgehead atoms. The van der Waals surface area contributed by atoms with Gasteiger partial charge in [0.1, 0.15) is 72.5 Å². The number of ketones is 3. The highest BCUT2D eigenvalue weighted by atomic mass is 16.2. The molecule has 10 N–H and O–H groups in total. The van der Waals surface area contributed by atoms with E-state index >= 15 is 0 Å². The van der Waals surface area contributed by atoms with Gasteiger partial charge in [0.2, 0.25) is 17.7 Å². The number of hydrogen-bond acceptors (Lipinski definition) is 20. The maximum Gasteiger partial charge on any atom is 0.243 e. The van der Waals surface area contributed by atoms with E-state index in [0.717, 1.165) is 5.69 Å². The van der Waals surface area contributed by atoms with Gasteiger partial charge in [-0.1, -0.05) is 0 Å². The number of anilines is 2. The van der Waals surface area contributed by atoms with Gasteiger partial charge in [0, 0.05) is 39.3 Å². The molecule has 0 saturated heterocycles. The van der Waals surface area contributed by atoms with Gasteiger partial charge in [0.05, 0.1) is 44.3 Å². The Morgan fingerprint density at radius 3 is 1.10 bits per heavy atom. The zero-order valence-electron chi connectivity index (χ0n) is 35.5. The Morgan fingerprint density at radius 1 is 0.476 bits per heavy atom. The molecule has 0 fully saturated rings. The summed E-state index contributed by atoms with van der Waals surface area (Å²) in [6, 6.07) is 0. The largest absolute Gasteiger partial charge is 0.382 e. The van der Waals surface area contributed by atoms with Crippen LogP contribution in [0.15, 0.2) is 38.0 Å². The smallest absolute Gasteiger partial charge is 0.243 e. The highest BCUT2D eigenvalue weighted by Gasteiger charge is 2.20. The van der Waals surface area contributed by atoms with E-state index in [-0.39, 0.29) is 86.0 Å². The average molecular weight is 873 g/mol. The molecule has 0 aliphatic carbocycles. The van der Waals surface area contributed by atoms with Crippen LogP contribution in [0.2, 0.25) is 0 Å². The summed E-state index contributed by atoms with van der Waals surface area (Å²) in [6.07, 6.45) is 8.57. The molecule has 6 heterocycles. The van der Waals surface area contributed by atoms with Crippen molar-refractivity contribution in [2.75, 3.05) is 70.4 Å². The molecule has 0 saturated carbocycles. The Balaban J connectivity index is 0.000000207. The van der Waals surface area contributed by atoms with Gasteiger partial charge in [-0.15, -0.1) is 0 Å². The minimum atomic E-state index is -0.230. The van der Waals surface area contributed by atoms with Gasteiger partial charge in [0.15, 0.2) is 28.6 Å². The summed E-state index contributed by atoms with van der Waals surface area (Å²) in [5, 5.41) is 0. The number of aromatic nitrogens is 12. The molecular weight excluding hydrogens is 821 g/mol. The number of aryl methyl sites for hydroxylation is 1. The fourth-order valence-electron chi connectivity index (χ4n) is 6.03. The van der Waals surface area contributed by atoms with E-state index in [4.69, 9.17) is 28.7 Å². The molecule has 336 valence electrons. The molecule has 0 spiro atoms. The zero-order chi connectivity index (χ0) is 46.2. The first-order chi connectivity index (χ1) is 30.1. The predicted molar refractivity (Wildman–Crippen MR) is 228 cm³/mol. The summed E-state index contributed by atoms with van der Waals surface area (Å²) in [6.45, 7) is 8.26. The molecule has 0 aromatic carbocycles. The van der Waals surface area contributed by atoms with Crippen LogP contribution in [0.25, 0.3) is 33.5 Å². The molecule has 0 radical (unpaired) electrons. The van der Waals surface area contributed by atoms with Crippen LogP contribution in [0.4, 0.5) is 11.6 Å². The number of nitrogens with zero attached hydrogens (tertiary/aromatic N) is 15. The second kappa shape index (κ2) is 23.0. The molecule has 0 aliphatic heterocycles. The normalized spacial score (nSPS) is 10.8. The van der Waals surface area contributed by atoms with Crippen molar-refractivity contribution < 1.29 is 28.8 Å². The average Bonchev–Trinajstić information content (AvgIpc) is 3.96. The number of rotatable bonds is 18. The monoisotopic (exact) mass is 872 g/mol. The third kappa shape index (κ3) is 13.3. The molecule has 0 aliphatic rings. The number of imidazole rings is 3. The number of fused-ring (bicyclic) bond motifs is 3. The quantitative estimate of drug-likeness (QED) is 0.0577. The summed E-state index contributed by atoms with van der Waals surface area (Å²) < 4.78 is 4.79. The van der Waals surface area contributed by atoms with Crippen molar-refractivity contribution in [3.8, 4) is 0 Å². The summed E-state index contributed by atoms with van der Waals surface area (Å²) in [5.41, 5.74) is 31.7. The molecular formula is C37H52N20O6. The van der Waals surface area contributed by atoms with Gasteiger partial charge >= 0.3 is 0 Å². The number of hydrogen-bond donors (Lipinski definition) is 5. The third-order valence-corrected chi connectivity index (χ3v) is 8.86. The molecule has 6 aromatic heterocycles. The Hall–Kier alpha value is -7.45. The minimum absolute atomic E-state index is 0.0141. The molecule has 0 atom stereocenters. The van der Waals surface area contributed by atoms with Crippen LogP contribution in [0.1, 0.15) is 26.5 Å². The summed E-state index contributed by atoms with van der Waals surface area (Å²) >= 11 is 0. The second-order valence-corrected chi connectivity index (χ2v) is 14.0. The molecule has 0 unspecified atom stereocenters. The van der Waals surface area contributed by atoms with Crippen LogP contribution in [0.3, 0.4) is 0 Å². The van der Waals surface area contributed by atoms with Crippen molar-refractivity contribution in [3.05, 3.63) is 43.7 Å². The Kier molecular flexibility index (Phi) is 17.6. The van der Waals surface area contributed by atoms with Crippen LogP contribution in [-0.2, 0) is 48.4 Å². The molecule has 6 aromatic rings. The summed E-state index contributed by atoms with van der Waals surface area (Å²) in [7, 11) is 0. The van der Waals surface area contributed by atoms with Crippen molar-refractivity contribution in [3.63, 3.8) is 0 Å². The first-order valence-electron chi connectivity index (χ1n) is 19.4. The van der Waals surface area contributed by atoms with Crippen LogP contribution in [0.5, 0.6) is 0 Å². The van der Waals surface area contributed by atoms with E-state index < -0.39 is 0 Å². The predicted octanol–water partition coefficient (Wildman–Crippen LogP) is -2.92. The van der Waals surface area contributed by atoms with Crippen molar-refractivity contribution in [1.29, 1.82) is 0 Å². The number of nitrogen functional groups attached to an aromatic ring is 2. The number of carbonyl (C=O) groups excluding carboxylic acids is 6. The summed E-state index contributed by atoms with van der Waals surface area (Å²) in [5.74, 6) is -0.406. The number of amides is 3. The lowest BCUT2D eigenvalue weighted by Gasteiger charge is -2.20. The number of carbonyl (C=O) groups is 6. The maximum atomic E-state index is 12.3. The standard InChI is InChI=1S/C13H18N6O2.2C12H17N7O2/c1-9(20)5-18(4-3-14)11(21)6-19-8-17-12-10(2)15-7-16-13(12)19;2*1-8(20)4-18(3-2-13)9(21)5-19-7-17-10-11(14)15-6-16-12(10)19/h7-8H,3-6,14H2,1-2H3;2*6-7H,2-5,13H2,1H3,(H2,14,15,16). The second-order valence-electron chi connectivity index (χ2n) is 14.0. The lowest BCUT2D eigenvalue weighted by Crippen LogP contribution is -2.40. The van der Waals surface area contributed by atoms with Crippen LogP contribution in [-0.4, -0.2) is 167 Å². The van der Waals surface area contributed by atoms with E-state index in [9.17, 15) is 28.8 Å². The Morgan fingerprint density at radius 2 is 0.778 bits per heavy atom. The lowest BCUT2D eigenvalue weighted by atomic mass is 10.3. The number of nitrogens with two attached hydrogens (primary N) is 5.